The summed E-state index contributed by atoms with van der Waals surface area (Å²) in [6.45, 7) is -0.566. The molecule has 0 radical (unpaired) electrons. The molecule has 0 unspecified atom stereocenters. The predicted octanol–water partition coefficient (Wildman–Crippen LogP) is 0.903. The zero-order valence-electron chi connectivity index (χ0n) is 8.53. The van der Waals surface area contributed by atoms with Gasteiger partial charge in [0, 0.05) is 0 Å². The highest BCUT2D eigenvalue weighted by molar-refractivity contribution is 5.92. The van der Waals surface area contributed by atoms with Crippen LogP contribution in [0.5, 0.6) is 0 Å². The lowest BCUT2D eigenvalue weighted by Gasteiger charge is -2.07. The first-order valence-corrected chi connectivity index (χ1v) is 4.50. The molecule has 0 fully saturated rings. The van der Waals surface area contributed by atoms with E-state index < -0.39 is 24.4 Å². The summed E-state index contributed by atoms with van der Waals surface area (Å²) in [4.78, 5) is 21.4. The largest absolute Gasteiger partial charge is 0.480 e. The first-order chi connectivity index (χ1) is 8.04. The molecule has 0 bridgehead atoms. The molecular weight excluding hydrogens is 229 g/mol. The number of carboxylic acids is 1. The smallest absolute Gasteiger partial charge is 0.323 e. The van der Waals surface area contributed by atoms with Crippen LogP contribution in [0.25, 0.3) is 0 Å². The fourth-order valence-corrected chi connectivity index (χ4v) is 1.06. The Kier molecular flexibility index (Phi) is 4.00. The number of urea groups is 1. The van der Waals surface area contributed by atoms with Crippen LogP contribution >= 0.6 is 0 Å². The predicted molar refractivity (Wildman–Crippen MR) is 55.8 cm³/mol. The molecule has 0 aliphatic rings. The van der Waals surface area contributed by atoms with Gasteiger partial charge in [-0.15, -0.1) is 0 Å². The molecule has 1 aromatic carbocycles. The van der Waals surface area contributed by atoms with Gasteiger partial charge in [-0.1, -0.05) is 6.07 Å². The molecule has 0 aromatic heterocycles. The van der Waals surface area contributed by atoms with Crippen molar-refractivity contribution in [3.63, 3.8) is 0 Å². The van der Waals surface area contributed by atoms with Crippen LogP contribution in [0.3, 0.4) is 0 Å². The first-order valence-electron chi connectivity index (χ1n) is 4.50. The first kappa shape index (κ1) is 12.4. The summed E-state index contributed by atoms with van der Waals surface area (Å²) in [5.41, 5.74) is -0.326. The molecule has 1 aromatic rings. The molecule has 0 spiro atoms. The maximum absolute atomic E-state index is 13.1. The van der Waals surface area contributed by atoms with E-state index in [1.807, 2.05) is 5.32 Å². The summed E-state index contributed by atoms with van der Waals surface area (Å²) in [6.07, 6.45) is 0. The van der Waals surface area contributed by atoms with Crippen molar-refractivity contribution >= 4 is 17.7 Å². The lowest BCUT2D eigenvalue weighted by molar-refractivity contribution is -0.135. The second kappa shape index (κ2) is 5.46. The average Bonchev–Trinajstić information content (AvgIpc) is 2.27. The summed E-state index contributed by atoms with van der Waals surface area (Å²) in [6, 6.07) is 4.52. The van der Waals surface area contributed by atoms with Gasteiger partial charge in [0.25, 0.3) is 0 Å². The molecule has 2 amide bonds. The van der Waals surface area contributed by atoms with Crippen LogP contribution in [0.2, 0.25) is 0 Å². The van der Waals surface area contributed by atoms with Crippen molar-refractivity contribution in [1.82, 2.24) is 5.32 Å². The van der Waals surface area contributed by atoms with Crippen molar-refractivity contribution in [3.8, 4) is 6.07 Å². The number of halogens is 1. The number of benzene rings is 1. The summed E-state index contributed by atoms with van der Waals surface area (Å²) in [5, 5.41) is 21.2. The molecular formula is C10H8FN3O3. The normalized spacial score (nSPS) is 9.18. The highest BCUT2D eigenvalue weighted by Crippen LogP contribution is 2.17. The number of nitriles is 1. The van der Waals surface area contributed by atoms with Crippen molar-refractivity contribution in [2.45, 2.75) is 0 Å². The van der Waals surface area contributed by atoms with E-state index in [-0.39, 0.29) is 11.3 Å². The molecule has 0 atom stereocenters. The minimum Gasteiger partial charge on any atom is -0.480 e. The molecule has 0 saturated carbocycles. The van der Waals surface area contributed by atoms with Gasteiger partial charge in [-0.25, -0.2) is 9.18 Å². The molecule has 3 N–H and O–H groups in total. The number of carboxylic acid groups (broad SMARTS) is 1. The Bertz CT molecular complexity index is 496. The van der Waals surface area contributed by atoms with Crippen molar-refractivity contribution in [2.75, 3.05) is 11.9 Å². The highest BCUT2D eigenvalue weighted by atomic mass is 19.1. The van der Waals surface area contributed by atoms with Gasteiger partial charge in [-0.2, -0.15) is 5.26 Å². The number of hydrogen-bond acceptors (Lipinski definition) is 3. The zero-order valence-corrected chi connectivity index (χ0v) is 8.53. The minimum absolute atomic E-state index is 0.0182. The molecule has 1 rings (SSSR count). The third-order valence-electron chi connectivity index (χ3n) is 1.77. The van der Waals surface area contributed by atoms with Gasteiger partial charge in [-0.3, -0.25) is 4.79 Å². The van der Waals surface area contributed by atoms with Gasteiger partial charge in [0.2, 0.25) is 0 Å². The van der Waals surface area contributed by atoms with E-state index in [4.69, 9.17) is 10.4 Å². The minimum atomic E-state index is -1.21. The van der Waals surface area contributed by atoms with Crippen LogP contribution in [0.15, 0.2) is 18.2 Å². The topological polar surface area (TPSA) is 102 Å². The summed E-state index contributed by atoms with van der Waals surface area (Å²) < 4.78 is 13.1. The Morgan fingerprint density at radius 3 is 2.76 bits per heavy atom. The number of amides is 2. The Balaban J connectivity index is 2.75. The van der Waals surface area contributed by atoms with Crippen molar-refractivity contribution in [1.29, 1.82) is 5.26 Å². The standard InChI is InChI=1S/C10H8FN3O3/c11-7-2-1-3-8(6(7)4-12)14-10(17)13-5-9(15)16/h1-3H,5H2,(H,15,16)(H2,13,14,17). The molecule has 7 heteroatoms. The molecule has 17 heavy (non-hydrogen) atoms. The highest BCUT2D eigenvalue weighted by Gasteiger charge is 2.10. The van der Waals surface area contributed by atoms with E-state index in [2.05, 4.69) is 5.32 Å². The second-order valence-corrected chi connectivity index (χ2v) is 2.98. The van der Waals surface area contributed by atoms with Crippen molar-refractivity contribution in [2.24, 2.45) is 0 Å². The van der Waals surface area contributed by atoms with Gasteiger partial charge in [0.05, 0.1) is 5.69 Å². The van der Waals surface area contributed by atoms with Gasteiger partial charge in [-0.05, 0) is 12.1 Å². The number of carbonyl (C=O) groups is 2. The van der Waals surface area contributed by atoms with Crippen LogP contribution in [0.4, 0.5) is 14.9 Å². The molecule has 0 saturated heterocycles. The molecule has 6 nitrogen and oxygen atoms in total. The van der Waals surface area contributed by atoms with Crippen LogP contribution in [-0.4, -0.2) is 23.7 Å². The third kappa shape index (κ3) is 3.46. The maximum Gasteiger partial charge on any atom is 0.323 e. The number of carbonyl (C=O) groups excluding carboxylic acids is 1. The monoisotopic (exact) mass is 237 g/mol. The number of anilines is 1. The van der Waals surface area contributed by atoms with E-state index in [0.717, 1.165) is 6.07 Å². The molecule has 0 aliphatic carbocycles. The lowest BCUT2D eigenvalue weighted by Crippen LogP contribution is -2.33. The van der Waals surface area contributed by atoms with E-state index in [1.165, 1.54) is 12.1 Å². The maximum atomic E-state index is 13.1. The second-order valence-electron chi connectivity index (χ2n) is 2.98. The van der Waals surface area contributed by atoms with E-state index in [9.17, 15) is 14.0 Å². The number of nitrogens with one attached hydrogen (secondary N) is 2. The molecule has 88 valence electrons. The fraction of sp³-hybridized carbons (Fsp3) is 0.100. The van der Waals surface area contributed by atoms with Crippen LogP contribution in [0.1, 0.15) is 5.56 Å². The third-order valence-corrected chi connectivity index (χ3v) is 1.77. The molecule has 0 aliphatic heterocycles. The number of aliphatic carboxylic acids is 1. The number of nitrogens with zero attached hydrogens (tertiary/aromatic N) is 1. The van der Waals surface area contributed by atoms with Crippen LogP contribution in [-0.2, 0) is 4.79 Å². The quantitative estimate of drug-likeness (QED) is 0.726. The zero-order chi connectivity index (χ0) is 12.8. The van der Waals surface area contributed by atoms with Crippen molar-refractivity contribution in [3.05, 3.63) is 29.6 Å². The van der Waals surface area contributed by atoms with Gasteiger partial charge < -0.3 is 15.7 Å². The molecule has 0 heterocycles. The number of hydrogen-bond donors (Lipinski definition) is 3. The number of rotatable bonds is 3. The Labute approximate surface area is 95.7 Å². The summed E-state index contributed by atoms with van der Waals surface area (Å²) in [7, 11) is 0. The van der Waals surface area contributed by atoms with E-state index >= 15 is 0 Å². The summed E-state index contributed by atoms with van der Waals surface area (Å²) in [5.74, 6) is -1.97. The Hall–Kier alpha value is -2.62. The van der Waals surface area contributed by atoms with E-state index in [1.54, 1.807) is 6.07 Å². The SMILES string of the molecule is N#Cc1c(F)cccc1NC(=O)NCC(=O)O. The lowest BCUT2D eigenvalue weighted by atomic mass is 10.2. The Morgan fingerprint density at radius 2 is 2.18 bits per heavy atom. The van der Waals surface area contributed by atoms with Crippen LogP contribution in [0, 0.1) is 17.1 Å². The van der Waals surface area contributed by atoms with E-state index in [0.29, 0.717) is 0 Å². The average molecular weight is 237 g/mol. The fourth-order valence-electron chi connectivity index (χ4n) is 1.06. The summed E-state index contributed by atoms with van der Waals surface area (Å²) >= 11 is 0. The van der Waals surface area contributed by atoms with Gasteiger partial charge in [0.1, 0.15) is 24.0 Å². The Morgan fingerprint density at radius 1 is 1.47 bits per heavy atom. The van der Waals surface area contributed by atoms with Crippen LogP contribution < -0.4 is 10.6 Å². The van der Waals surface area contributed by atoms with Gasteiger partial charge >= 0.3 is 12.0 Å². The van der Waals surface area contributed by atoms with Crippen molar-refractivity contribution < 1.29 is 19.1 Å². The van der Waals surface area contributed by atoms with Gasteiger partial charge in [0.15, 0.2) is 0 Å².